The van der Waals surface area contributed by atoms with Crippen molar-refractivity contribution in [1.82, 2.24) is 0 Å². The van der Waals surface area contributed by atoms with E-state index in [0.29, 0.717) is 11.3 Å². The maximum Gasteiger partial charge on any atom is 0.264 e. The molecule has 0 aromatic heterocycles. The van der Waals surface area contributed by atoms with Gasteiger partial charge < -0.3 is 5.73 Å². The van der Waals surface area contributed by atoms with Gasteiger partial charge in [-0.3, -0.25) is 4.72 Å². The van der Waals surface area contributed by atoms with Gasteiger partial charge in [-0.15, -0.1) is 0 Å². The third-order valence-corrected chi connectivity index (χ3v) is 4.03. The molecule has 0 atom stereocenters. The number of hydrogen-bond acceptors (Lipinski definition) is 3. The highest BCUT2D eigenvalue weighted by molar-refractivity contribution is 7.92. The molecule has 2 aromatic rings. The summed E-state index contributed by atoms with van der Waals surface area (Å²) in [4.78, 5) is -0.459. The summed E-state index contributed by atoms with van der Waals surface area (Å²) in [5.41, 5.74) is 6.71. The SMILES string of the molecule is Cc1cc(F)c(S(=O)(=O)Nc2ccccc2)cc1N. The van der Waals surface area contributed by atoms with Crippen LogP contribution in [0.2, 0.25) is 0 Å². The van der Waals surface area contributed by atoms with Gasteiger partial charge in [-0.05, 0) is 36.8 Å². The first-order valence-electron chi connectivity index (χ1n) is 5.53. The topological polar surface area (TPSA) is 72.2 Å². The average molecular weight is 280 g/mol. The van der Waals surface area contributed by atoms with E-state index >= 15 is 0 Å². The minimum Gasteiger partial charge on any atom is -0.398 e. The molecule has 0 radical (unpaired) electrons. The molecule has 2 rings (SSSR count). The van der Waals surface area contributed by atoms with E-state index in [4.69, 9.17) is 5.73 Å². The molecule has 0 amide bonds. The van der Waals surface area contributed by atoms with Gasteiger partial charge in [-0.25, -0.2) is 12.8 Å². The summed E-state index contributed by atoms with van der Waals surface area (Å²) < 4.78 is 40.2. The molecule has 0 aliphatic rings. The molecule has 100 valence electrons. The highest BCUT2D eigenvalue weighted by Crippen LogP contribution is 2.23. The van der Waals surface area contributed by atoms with Crippen molar-refractivity contribution in [2.75, 3.05) is 10.5 Å². The molecule has 0 aliphatic heterocycles. The molecule has 6 heteroatoms. The van der Waals surface area contributed by atoms with Crippen molar-refractivity contribution in [3.8, 4) is 0 Å². The fourth-order valence-corrected chi connectivity index (χ4v) is 2.74. The lowest BCUT2D eigenvalue weighted by Gasteiger charge is -2.10. The Morgan fingerprint density at radius 2 is 1.79 bits per heavy atom. The Balaban J connectivity index is 2.43. The van der Waals surface area contributed by atoms with E-state index in [9.17, 15) is 12.8 Å². The summed E-state index contributed by atoms with van der Waals surface area (Å²) in [5.74, 6) is -0.824. The summed E-state index contributed by atoms with van der Waals surface area (Å²) in [5, 5.41) is 0. The molecule has 0 unspecified atom stereocenters. The predicted molar refractivity (Wildman–Crippen MR) is 72.8 cm³/mol. The Bertz CT molecular complexity index is 700. The normalized spacial score (nSPS) is 11.3. The second kappa shape index (κ2) is 4.89. The van der Waals surface area contributed by atoms with Crippen LogP contribution in [0.3, 0.4) is 0 Å². The number of benzene rings is 2. The van der Waals surface area contributed by atoms with Crippen LogP contribution in [0, 0.1) is 12.7 Å². The van der Waals surface area contributed by atoms with E-state index in [-0.39, 0.29) is 5.69 Å². The van der Waals surface area contributed by atoms with E-state index in [1.165, 1.54) is 0 Å². The predicted octanol–water partition coefficient (Wildman–Crippen LogP) is 2.52. The monoisotopic (exact) mass is 280 g/mol. The fraction of sp³-hybridized carbons (Fsp3) is 0.0769. The highest BCUT2D eigenvalue weighted by atomic mass is 32.2. The number of aryl methyl sites for hydroxylation is 1. The lowest BCUT2D eigenvalue weighted by molar-refractivity contribution is 0.570. The molecule has 19 heavy (non-hydrogen) atoms. The molecule has 2 aromatic carbocycles. The van der Waals surface area contributed by atoms with Crippen LogP contribution in [0.15, 0.2) is 47.4 Å². The minimum absolute atomic E-state index is 0.231. The zero-order chi connectivity index (χ0) is 14.0. The van der Waals surface area contributed by atoms with Crippen molar-refractivity contribution in [3.63, 3.8) is 0 Å². The summed E-state index contributed by atoms with van der Waals surface area (Å²) >= 11 is 0. The number of nitrogens with two attached hydrogens (primary N) is 1. The molecule has 0 bridgehead atoms. The van der Waals surface area contributed by atoms with E-state index in [0.717, 1.165) is 12.1 Å². The van der Waals surface area contributed by atoms with Crippen LogP contribution >= 0.6 is 0 Å². The summed E-state index contributed by atoms with van der Waals surface area (Å²) in [6, 6.07) is 10.5. The van der Waals surface area contributed by atoms with Crippen LogP contribution in [0.1, 0.15) is 5.56 Å². The zero-order valence-electron chi connectivity index (χ0n) is 10.2. The Hall–Kier alpha value is -2.08. The molecule has 3 N–H and O–H groups in total. The van der Waals surface area contributed by atoms with Crippen molar-refractivity contribution in [2.24, 2.45) is 0 Å². The van der Waals surface area contributed by atoms with Crippen LogP contribution < -0.4 is 10.5 Å². The summed E-state index contributed by atoms with van der Waals surface area (Å²) in [6.07, 6.45) is 0. The Labute approximate surface area is 111 Å². The fourth-order valence-electron chi connectivity index (χ4n) is 1.59. The van der Waals surface area contributed by atoms with Gasteiger partial charge in [0.15, 0.2) is 0 Å². The Morgan fingerprint density at radius 3 is 2.42 bits per heavy atom. The van der Waals surface area contributed by atoms with Gasteiger partial charge in [-0.1, -0.05) is 18.2 Å². The van der Waals surface area contributed by atoms with Gasteiger partial charge in [0.05, 0.1) is 0 Å². The van der Waals surface area contributed by atoms with Crippen molar-refractivity contribution >= 4 is 21.4 Å². The maximum atomic E-state index is 13.8. The maximum absolute atomic E-state index is 13.8. The number of nitrogens with one attached hydrogen (secondary N) is 1. The van der Waals surface area contributed by atoms with Gasteiger partial charge in [0, 0.05) is 11.4 Å². The Morgan fingerprint density at radius 1 is 1.16 bits per heavy atom. The molecule has 0 spiro atoms. The largest absolute Gasteiger partial charge is 0.398 e. The Kier molecular flexibility index (Phi) is 3.44. The lowest BCUT2D eigenvalue weighted by atomic mass is 10.2. The number of rotatable bonds is 3. The second-order valence-electron chi connectivity index (χ2n) is 4.11. The number of para-hydroxylation sites is 1. The van der Waals surface area contributed by atoms with Gasteiger partial charge in [0.25, 0.3) is 10.0 Å². The van der Waals surface area contributed by atoms with Crippen LogP contribution in [0.5, 0.6) is 0 Å². The lowest BCUT2D eigenvalue weighted by Crippen LogP contribution is -2.15. The first kappa shape index (κ1) is 13.4. The standard InChI is InChI=1S/C13H13FN2O2S/c1-9-7-11(14)13(8-12(9)15)19(17,18)16-10-5-3-2-4-6-10/h2-8,16H,15H2,1H3. The quantitative estimate of drug-likeness (QED) is 0.848. The number of sulfonamides is 1. The van der Waals surface area contributed by atoms with Gasteiger partial charge in [0.2, 0.25) is 0 Å². The first-order valence-corrected chi connectivity index (χ1v) is 7.02. The van der Waals surface area contributed by atoms with Gasteiger partial charge in [0.1, 0.15) is 10.7 Å². The van der Waals surface area contributed by atoms with Crippen LogP contribution in [-0.4, -0.2) is 8.42 Å². The highest BCUT2D eigenvalue weighted by Gasteiger charge is 2.20. The van der Waals surface area contributed by atoms with Crippen molar-refractivity contribution < 1.29 is 12.8 Å². The smallest absolute Gasteiger partial charge is 0.264 e. The molecule has 4 nitrogen and oxygen atoms in total. The molecule has 0 heterocycles. The van der Waals surface area contributed by atoms with Crippen LogP contribution in [0.4, 0.5) is 15.8 Å². The first-order chi connectivity index (χ1) is 8.90. The average Bonchev–Trinajstić information content (AvgIpc) is 2.34. The number of halogens is 1. The van der Waals surface area contributed by atoms with Crippen LogP contribution in [0.25, 0.3) is 0 Å². The molecular formula is C13H13FN2O2S. The summed E-state index contributed by atoms with van der Waals surface area (Å²) in [7, 11) is -3.99. The third kappa shape index (κ3) is 2.85. The van der Waals surface area contributed by atoms with Gasteiger partial charge in [-0.2, -0.15) is 0 Å². The van der Waals surface area contributed by atoms with E-state index in [2.05, 4.69) is 4.72 Å². The van der Waals surface area contributed by atoms with Crippen molar-refractivity contribution in [1.29, 1.82) is 0 Å². The van der Waals surface area contributed by atoms with E-state index in [1.807, 2.05) is 0 Å². The minimum atomic E-state index is -3.99. The number of nitrogen functional groups attached to an aromatic ring is 1. The molecular weight excluding hydrogens is 267 g/mol. The van der Waals surface area contributed by atoms with Gasteiger partial charge >= 0.3 is 0 Å². The van der Waals surface area contributed by atoms with Crippen LogP contribution in [-0.2, 0) is 10.0 Å². The molecule has 0 saturated carbocycles. The third-order valence-electron chi connectivity index (χ3n) is 2.64. The molecule has 0 saturated heterocycles. The van der Waals surface area contributed by atoms with Crippen molar-refractivity contribution in [2.45, 2.75) is 11.8 Å². The molecule has 0 fully saturated rings. The van der Waals surface area contributed by atoms with Crippen molar-refractivity contribution in [3.05, 3.63) is 53.8 Å². The van der Waals surface area contributed by atoms with E-state index in [1.54, 1.807) is 37.3 Å². The summed E-state index contributed by atoms with van der Waals surface area (Å²) in [6.45, 7) is 1.61. The second-order valence-corrected chi connectivity index (χ2v) is 5.76. The number of hydrogen-bond donors (Lipinski definition) is 2. The zero-order valence-corrected chi connectivity index (χ0v) is 11.0. The number of anilines is 2. The van der Waals surface area contributed by atoms with E-state index < -0.39 is 20.7 Å². The molecule has 0 aliphatic carbocycles.